The smallest absolute Gasteiger partial charge is 0.257 e. The fraction of sp³-hybridized carbons (Fsp3) is 0.348. The largest absolute Gasteiger partial charge is 0.497 e. The van der Waals surface area contributed by atoms with E-state index in [-0.39, 0.29) is 23.0 Å². The first-order valence-electron chi connectivity index (χ1n) is 10.1. The number of methoxy groups -OCH3 is 1. The van der Waals surface area contributed by atoms with Crippen molar-refractivity contribution in [3.05, 3.63) is 59.7 Å². The summed E-state index contributed by atoms with van der Waals surface area (Å²) < 4.78 is 5.11. The molecule has 0 spiro atoms. The van der Waals surface area contributed by atoms with E-state index in [0.717, 1.165) is 25.7 Å². The Hall–Kier alpha value is -2.93. The number of benzene rings is 2. The summed E-state index contributed by atoms with van der Waals surface area (Å²) >= 11 is 5.43. The summed E-state index contributed by atoms with van der Waals surface area (Å²) in [6, 6.07) is 14.2. The van der Waals surface area contributed by atoms with Crippen molar-refractivity contribution in [2.24, 2.45) is 0 Å². The van der Waals surface area contributed by atoms with Crippen molar-refractivity contribution in [3.8, 4) is 5.75 Å². The molecule has 30 heavy (non-hydrogen) atoms. The molecule has 2 aromatic carbocycles. The zero-order valence-electron chi connectivity index (χ0n) is 17.3. The number of nitrogens with one attached hydrogen (secondary N) is 2. The number of hydrogen-bond acceptors (Lipinski definition) is 4. The molecule has 158 valence electrons. The molecule has 3 rings (SSSR count). The Balaban J connectivity index is 1.69. The summed E-state index contributed by atoms with van der Waals surface area (Å²) in [6.45, 7) is 0. The quantitative estimate of drug-likeness (QED) is 0.711. The number of rotatable bonds is 5. The van der Waals surface area contributed by atoms with Crippen molar-refractivity contribution < 1.29 is 14.3 Å². The molecule has 1 aliphatic rings. The lowest BCUT2D eigenvalue weighted by Gasteiger charge is -2.26. The van der Waals surface area contributed by atoms with Crippen LogP contribution in [0.15, 0.2) is 48.5 Å². The standard InChI is InChI=1S/C23H27N3O3S/c1-26(23(30)25-21(27)16-12-14-18(29-2)15-13-16)20-11-7-6-10-19(20)22(28)24-17-8-4-3-5-9-17/h6-7,10-15,17H,3-5,8-9H2,1-2H3,(H,24,28)(H,25,27,30). The minimum atomic E-state index is -0.321. The summed E-state index contributed by atoms with van der Waals surface area (Å²) in [6.07, 6.45) is 5.55. The molecule has 0 aromatic heterocycles. The van der Waals surface area contributed by atoms with Gasteiger partial charge in [0.1, 0.15) is 5.75 Å². The van der Waals surface area contributed by atoms with E-state index in [2.05, 4.69) is 10.6 Å². The maximum absolute atomic E-state index is 12.9. The Kier molecular flexibility index (Phi) is 7.41. The molecule has 0 heterocycles. The summed E-state index contributed by atoms with van der Waals surface area (Å²) in [5.74, 6) is 0.233. The molecule has 1 fully saturated rings. The highest BCUT2D eigenvalue weighted by molar-refractivity contribution is 7.80. The third-order valence-electron chi connectivity index (χ3n) is 5.33. The Bertz CT molecular complexity index is 908. The molecular weight excluding hydrogens is 398 g/mol. The van der Waals surface area contributed by atoms with Gasteiger partial charge in [0.2, 0.25) is 0 Å². The maximum Gasteiger partial charge on any atom is 0.257 e. The van der Waals surface area contributed by atoms with Crippen LogP contribution >= 0.6 is 12.2 Å². The first-order chi connectivity index (χ1) is 14.5. The minimum absolute atomic E-state index is 0.117. The van der Waals surface area contributed by atoms with Gasteiger partial charge in [0.05, 0.1) is 18.4 Å². The Morgan fingerprint density at radius 3 is 2.33 bits per heavy atom. The predicted molar refractivity (Wildman–Crippen MR) is 122 cm³/mol. The molecule has 0 bridgehead atoms. The summed E-state index contributed by atoms with van der Waals surface area (Å²) in [4.78, 5) is 27.1. The molecule has 0 radical (unpaired) electrons. The van der Waals surface area contributed by atoms with Crippen LogP contribution in [0.2, 0.25) is 0 Å². The Labute approximate surface area is 182 Å². The van der Waals surface area contributed by atoms with Crippen LogP contribution in [0.4, 0.5) is 5.69 Å². The van der Waals surface area contributed by atoms with E-state index in [1.54, 1.807) is 49.4 Å². The SMILES string of the molecule is COc1ccc(C(=O)NC(=S)N(C)c2ccccc2C(=O)NC2CCCCC2)cc1. The number of ether oxygens (including phenoxy) is 1. The van der Waals surface area contributed by atoms with Crippen LogP contribution in [-0.4, -0.2) is 37.1 Å². The van der Waals surface area contributed by atoms with Crippen molar-refractivity contribution in [1.82, 2.24) is 10.6 Å². The predicted octanol–water partition coefficient (Wildman–Crippen LogP) is 3.91. The molecule has 2 amide bonds. The third-order valence-corrected chi connectivity index (χ3v) is 5.70. The number of carbonyl (C=O) groups is 2. The highest BCUT2D eigenvalue weighted by atomic mass is 32.1. The van der Waals surface area contributed by atoms with Crippen LogP contribution in [0.3, 0.4) is 0 Å². The lowest BCUT2D eigenvalue weighted by atomic mass is 9.95. The number of thiocarbonyl (C=S) groups is 1. The van der Waals surface area contributed by atoms with E-state index < -0.39 is 0 Å². The second-order valence-electron chi connectivity index (χ2n) is 7.37. The fourth-order valence-corrected chi connectivity index (χ4v) is 3.76. The first-order valence-corrected chi connectivity index (χ1v) is 10.5. The Morgan fingerprint density at radius 2 is 1.67 bits per heavy atom. The molecule has 0 unspecified atom stereocenters. The molecule has 1 saturated carbocycles. The van der Waals surface area contributed by atoms with Gasteiger partial charge in [-0.3, -0.25) is 14.9 Å². The Morgan fingerprint density at radius 1 is 1.00 bits per heavy atom. The average Bonchev–Trinajstić information content (AvgIpc) is 2.79. The van der Waals surface area contributed by atoms with E-state index in [4.69, 9.17) is 17.0 Å². The maximum atomic E-state index is 12.9. The zero-order valence-corrected chi connectivity index (χ0v) is 18.1. The molecule has 0 saturated heterocycles. The number of anilines is 1. The zero-order chi connectivity index (χ0) is 21.5. The van der Waals surface area contributed by atoms with Gasteiger partial charge < -0.3 is 15.0 Å². The van der Waals surface area contributed by atoms with Crippen LogP contribution in [0.25, 0.3) is 0 Å². The number of amides is 2. The van der Waals surface area contributed by atoms with Crippen molar-refractivity contribution in [1.29, 1.82) is 0 Å². The number of carbonyl (C=O) groups excluding carboxylic acids is 2. The summed E-state index contributed by atoms with van der Waals surface area (Å²) in [7, 11) is 3.31. The van der Waals surface area contributed by atoms with Gasteiger partial charge in [-0.25, -0.2) is 0 Å². The van der Waals surface area contributed by atoms with Gasteiger partial charge in [-0.15, -0.1) is 0 Å². The lowest BCUT2D eigenvalue weighted by Crippen LogP contribution is -2.42. The average molecular weight is 426 g/mol. The van der Waals surface area contributed by atoms with Gasteiger partial charge in [-0.1, -0.05) is 31.4 Å². The van der Waals surface area contributed by atoms with Gasteiger partial charge in [-0.2, -0.15) is 0 Å². The lowest BCUT2D eigenvalue weighted by molar-refractivity contribution is 0.0927. The minimum Gasteiger partial charge on any atom is -0.497 e. The number of nitrogens with zero attached hydrogens (tertiary/aromatic N) is 1. The summed E-state index contributed by atoms with van der Waals surface area (Å²) in [5, 5.41) is 6.08. The number of para-hydroxylation sites is 1. The molecule has 7 heteroatoms. The molecule has 2 N–H and O–H groups in total. The van der Waals surface area contributed by atoms with Crippen LogP contribution in [0.1, 0.15) is 52.8 Å². The van der Waals surface area contributed by atoms with E-state index >= 15 is 0 Å². The van der Waals surface area contributed by atoms with Crippen molar-refractivity contribution in [2.45, 2.75) is 38.1 Å². The van der Waals surface area contributed by atoms with E-state index in [1.165, 1.54) is 6.42 Å². The molecule has 6 nitrogen and oxygen atoms in total. The fourth-order valence-electron chi connectivity index (χ4n) is 3.57. The third kappa shape index (κ3) is 5.36. The van der Waals surface area contributed by atoms with Crippen LogP contribution < -0.4 is 20.3 Å². The molecule has 2 aromatic rings. The van der Waals surface area contributed by atoms with Gasteiger partial charge in [-0.05, 0) is 61.5 Å². The van der Waals surface area contributed by atoms with Crippen molar-refractivity contribution in [2.75, 3.05) is 19.1 Å². The molecule has 0 aliphatic heterocycles. The van der Waals surface area contributed by atoms with Crippen molar-refractivity contribution in [3.63, 3.8) is 0 Å². The monoisotopic (exact) mass is 425 g/mol. The van der Waals surface area contributed by atoms with Gasteiger partial charge in [0.25, 0.3) is 11.8 Å². The second-order valence-corrected chi connectivity index (χ2v) is 7.76. The van der Waals surface area contributed by atoms with Crippen LogP contribution in [0.5, 0.6) is 5.75 Å². The van der Waals surface area contributed by atoms with Gasteiger partial charge >= 0.3 is 0 Å². The van der Waals surface area contributed by atoms with Gasteiger partial charge in [0, 0.05) is 18.7 Å². The van der Waals surface area contributed by atoms with E-state index in [9.17, 15) is 9.59 Å². The van der Waals surface area contributed by atoms with Crippen LogP contribution in [-0.2, 0) is 0 Å². The molecular formula is C23H27N3O3S. The number of hydrogen-bond donors (Lipinski definition) is 2. The molecule has 1 aliphatic carbocycles. The molecule has 0 atom stereocenters. The second kappa shape index (κ2) is 10.2. The normalized spacial score (nSPS) is 13.9. The topological polar surface area (TPSA) is 70.7 Å². The summed E-state index contributed by atoms with van der Waals surface area (Å²) in [5.41, 5.74) is 1.65. The van der Waals surface area contributed by atoms with E-state index in [1.807, 2.05) is 18.2 Å². The highest BCUT2D eigenvalue weighted by Crippen LogP contribution is 2.22. The van der Waals surface area contributed by atoms with Gasteiger partial charge in [0.15, 0.2) is 5.11 Å². The highest BCUT2D eigenvalue weighted by Gasteiger charge is 2.21. The first kappa shape index (κ1) is 21.8. The van der Waals surface area contributed by atoms with E-state index in [0.29, 0.717) is 22.6 Å². The van der Waals surface area contributed by atoms with Crippen molar-refractivity contribution >= 4 is 34.8 Å². The van der Waals surface area contributed by atoms with Crippen LogP contribution in [0, 0.1) is 0 Å².